The molecular weight excluding hydrogens is 273 g/mol. The molecule has 100 valence electrons. The Kier molecular flexibility index (Phi) is 6.47. The van der Waals surface area contributed by atoms with Crippen LogP contribution in [0.4, 0.5) is 0 Å². The molecule has 0 radical (unpaired) electrons. The van der Waals surface area contributed by atoms with Crippen LogP contribution in [0.25, 0.3) is 0 Å². The summed E-state index contributed by atoms with van der Waals surface area (Å²) in [7, 11) is 0. The Morgan fingerprint density at radius 3 is 2.72 bits per heavy atom. The Bertz CT molecular complexity index is 410. The zero-order chi connectivity index (χ0) is 13.5. The third-order valence-electron chi connectivity index (χ3n) is 2.51. The third kappa shape index (κ3) is 5.25. The summed E-state index contributed by atoms with van der Waals surface area (Å²) >= 11 is 11.7. The van der Waals surface area contributed by atoms with Crippen LogP contribution in [-0.2, 0) is 16.0 Å². The van der Waals surface area contributed by atoms with Gasteiger partial charge in [0.05, 0.1) is 16.7 Å². The van der Waals surface area contributed by atoms with Gasteiger partial charge in [-0.2, -0.15) is 0 Å². The molecule has 0 aliphatic carbocycles. The summed E-state index contributed by atoms with van der Waals surface area (Å²) in [4.78, 5) is 11.2. The number of hydrogen-bond acceptors (Lipinski definition) is 3. The highest BCUT2D eigenvalue weighted by molar-refractivity contribution is 6.42. The van der Waals surface area contributed by atoms with Crippen LogP contribution in [0.15, 0.2) is 18.2 Å². The van der Waals surface area contributed by atoms with Crippen LogP contribution in [0.3, 0.4) is 0 Å². The fourth-order valence-electron chi connectivity index (χ4n) is 1.61. The molecule has 3 nitrogen and oxygen atoms in total. The minimum absolute atomic E-state index is 0.0911. The third-order valence-corrected chi connectivity index (χ3v) is 3.25. The fraction of sp³-hybridized carbons (Fsp3) is 0.462. The van der Waals surface area contributed by atoms with Gasteiger partial charge in [-0.1, -0.05) is 29.3 Å². The second kappa shape index (κ2) is 7.62. The molecule has 0 aliphatic heterocycles. The van der Waals surface area contributed by atoms with E-state index in [-0.39, 0.29) is 12.0 Å². The van der Waals surface area contributed by atoms with Gasteiger partial charge in [-0.25, -0.2) is 0 Å². The molecule has 5 heteroatoms. The summed E-state index contributed by atoms with van der Waals surface area (Å²) in [5.41, 5.74) is 6.97. The Labute approximate surface area is 117 Å². The lowest BCUT2D eigenvalue weighted by atomic mass is 10.0. The Balaban J connectivity index is 2.42. The molecule has 0 spiro atoms. The van der Waals surface area contributed by atoms with Crippen molar-refractivity contribution in [2.24, 2.45) is 5.73 Å². The maximum absolute atomic E-state index is 11.2. The summed E-state index contributed by atoms with van der Waals surface area (Å²) in [6.45, 7) is 2.19. The first-order valence-corrected chi connectivity index (χ1v) is 6.63. The first kappa shape index (κ1) is 15.3. The van der Waals surface area contributed by atoms with Crippen molar-refractivity contribution in [1.29, 1.82) is 0 Å². The molecule has 0 amide bonds. The minimum atomic E-state index is -0.206. The van der Waals surface area contributed by atoms with Crippen LogP contribution in [-0.4, -0.2) is 18.6 Å². The van der Waals surface area contributed by atoms with Crippen molar-refractivity contribution < 1.29 is 9.53 Å². The highest BCUT2D eigenvalue weighted by Crippen LogP contribution is 2.23. The SMILES string of the molecule is CCOC(=O)CCC(N)Cc1ccc(Cl)c(Cl)c1. The van der Waals surface area contributed by atoms with Gasteiger partial charge in [0, 0.05) is 12.5 Å². The van der Waals surface area contributed by atoms with Crippen molar-refractivity contribution in [3.63, 3.8) is 0 Å². The molecule has 1 atom stereocenters. The maximum atomic E-state index is 11.2. The molecule has 1 unspecified atom stereocenters. The Morgan fingerprint density at radius 2 is 2.11 bits per heavy atom. The maximum Gasteiger partial charge on any atom is 0.305 e. The van der Waals surface area contributed by atoms with Gasteiger partial charge >= 0.3 is 5.97 Å². The lowest BCUT2D eigenvalue weighted by Gasteiger charge is -2.11. The van der Waals surface area contributed by atoms with Gasteiger partial charge < -0.3 is 10.5 Å². The van der Waals surface area contributed by atoms with E-state index in [1.807, 2.05) is 6.07 Å². The van der Waals surface area contributed by atoms with Gasteiger partial charge in [0.1, 0.15) is 0 Å². The van der Waals surface area contributed by atoms with Crippen LogP contribution in [0, 0.1) is 0 Å². The molecule has 1 aromatic carbocycles. The fourth-order valence-corrected chi connectivity index (χ4v) is 1.93. The summed E-state index contributed by atoms with van der Waals surface area (Å²) in [5, 5.41) is 1.05. The van der Waals surface area contributed by atoms with Gasteiger partial charge in [-0.3, -0.25) is 4.79 Å². The molecule has 0 heterocycles. The van der Waals surface area contributed by atoms with E-state index in [0.29, 0.717) is 35.9 Å². The van der Waals surface area contributed by atoms with Crippen molar-refractivity contribution >= 4 is 29.2 Å². The number of rotatable bonds is 6. The molecule has 1 rings (SSSR count). The first-order chi connectivity index (χ1) is 8.52. The van der Waals surface area contributed by atoms with Crippen molar-refractivity contribution in [2.75, 3.05) is 6.61 Å². The number of carbonyl (C=O) groups is 1. The second-order valence-corrected chi connectivity index (χ2v) is 4.87. The highest BCUT2D eigenvalue weighted by Gasteiger charge is 2.09. The number of esters is 1. The number of nitrogens with two attached hydrogens (primary N) is 1. The highest BCUT2D eigenvalue weighted by atomic mass is 35.5. The topological polar surface area (TPSA) is 52.3 Å². The standard InChI is InChI=1S/C13H17Cl2NO2/c1-2-18-13(17)6-4-10(16)7-9-3-5-11(14)12(15)8-9/h3,5,8,10H,2,4,6-7,16H2,1H3. The van der Waals surface area contributed by atoms with Crippen molar-refractivity contribution in [3.05, 3.63) is 33.8 Å². The minimum Gasteiger partial charge on any atom is -0.466 e. The number of carbonyl (C=O) groups excluding carboxylic acids is 1. The number of hydrogen-bond donors (Lipinski definition) is 1. The van der Waals surface area contributed by atoms with E-state index in [1.165, 1.54) is 0 Å². The van der Waals surface area contributed by atoms with E-state index in [9.17, 15) is 4.79 Å². The van der Waals surface area contributed by atoms with Crippen LogP contribution >= 0.6 is 23.2 Å². The predicted molar refractivity (Wildman–Crippen MR) is 74.0 cm³/mol. The molecule has 2 N–H and O–H groups in total. The zero-order valence-corrected chi connectivity index (χ0v) is 11.8. The molecular formula is C13H17Cl2NO2. The predicted octanol–water partition coefficient (Wildman–Crippen LogP) is 3.21. The smallest absolute Gasteiger partial charge is 0.305 e. The van der Waals surface area contributed by atoms with E-state index in [1.54, 1.807) is 19.1 Å². The van der Waals surface area contributed by atoms with Gasteiger partial charge in [-0.05, 0) is 37.5 Å². The molecule has 0 aliphatic rings. The van der Waals surface area contributed by atoms with Crippen molar-refractivity contribution in [2.45, 2.75) is 32.2 Å². The second-order valence-electron chi connectivity index (χ2n) is 4.06. The van der Waals surface area contributed by atoms with Gasteiger partial charge in [0.25, 0.3) is 0 Å². The lowest BCUT2D eigenvalue weighted by Crippen LogP contribution is -2.24. The van der Waals surface area contributed by atoms with Crippen molar-refractivity contribution in [3.8, 4) is 0 Å². The molecule has 0 saturated heterocycles. The molecule has 0 bridgehead atoms. The lowest BCUT2D eigenvalue weighted by molar-refractivity contribution is -0.143. The van der Waals surface area contributed by atoms with E-state index in [0.717, 1.165) is 5.56 Å². The van der Waals surface area contributed by atoms with Gasteiger partial charge in [0.2, 0.25) is 0 Å². The summed E-state index contributed by atoms with van der Waals surface area (Å²) in [6.07, 6.45) is 1.60. The average Bonchev–Trinajstić information content (AvgIpc) is 2.32. The van der Waals surface area contributed by atoms with Gasteiger partial charge in [0.15, 0.2) is 0 Å². The number of benzene rings is 1. The van der Waals surface area contributed by atoms with E-state index >= 15 is 0 Å². The summed E-state index contributed by atoms with van der Waals surface area (Å²) in [5.74, 6) is -0.206. The monoisotopic (exact) mass is 289 g/mol. The molecule has 0 fully saturated rings. The number of ether oxygens (including phenoxy) is 1. The Hall–Kier alpha value is -0.770. The van der Waals surface area contributed by atoms with Crippen LogP contribution in [0.5, 0.6) is 0 Å². The van der Waals surface area contributed by atoms with E-state index < -0.39 is 0 Å². The molecule has 0 aromatic heterocycles. The average molecular weight is 290 g/mol. The van der Waals surface area contributed by atoms with Gasteiger partial charge in [-0.15, -0.1) is 0 Å². The largest absolute Gasteiger partial charge is 0.466 e. The number of halogens is 2. The summed E-state index contributed by atoms with van der Waals surface area (Å²) < 4.78 is 4.84. The molecule has 1 aromatic rings. The molecule has 18 heavy (non-hydrogen) atoms. The quantitative estimate of drug-likeness (QED) is 0.818. The normalized spacial score (nSPS) is 12.2. The van der Waals surface area contributed by atoms with E-state index in [2.05, 4.69) is 0 Å². The molecule has 0 saturated carbocycles. The first-order valence-electron chi connectivity index (χ1n) is 5.88. The van der Waals surface area contributed by atoms with Crippen LogP contribution in [0.2, 0.25) is 10.0 Å². The zero-order valence-electron chi connectivity index (χ0n) is 10.3. The van der Waals surface area contributed by atoms with Crippen LogP contribution < -0.4 is 5.73 Å². The van der Waals surface area contributed by atoms with Crippen LogP contribution in [0.1, 0.15) is 25.3 Å². The summed E-state index contributed by atoms with van der Waals surface area (Å²) in [6, 6.07) is 5.34. The Morgan fingerprint density at radius 1 is 1.39 bits per heavy atom. The van der Waals surface area contributed by atoms with E-state index in [4.69, 9.17) is 33.7 Å². The van der Waals surface area contributed by atoms with Crippen molar-refractivity contribution in [1.82, 2.24) is 0 Å².